The maximum absolute atomic E-state index is 12.8. The zero-order chi connectivity index (χ0) is 24.7. The first-order valence-corrected chi connectivity index (χ1v) is 12.6. The van der Waals surface area contributed by atoms with Gasteiger partial charge in [0.25, 0.3) is 0 Å². The number of benzene rings is 2. The number of amides is 1. The van der Waals surface area contributed by atoms with Gasteiger partial charge in [0.05, 0.1) is 5.41 Å². The first kappa shape index (κ1) is 26.0. The molecule has 2 aliphatic heterocycles. The summed E-state index contributed by atoms with van der Waals surface area (Å²) in [5.74, 6) is 1.08. The molecular weight excluding hydrogens is 452 g/mol. The molecular formula is C27H35ClN2O4. The van der Waals surface area contributed by atoms with Crippen LogP contribution in [0.25, 0.3) is 0 Å². The van der Waals surface area contributed by atoms with Crippen molar-refractivity contribution in [3.8, 4) is 11.5 Å². The molecule has 0 radical (unpaired) electrons. The number of carbonyl (C=O) groups excluding carboxylic acids is 2. The van der Waals surface area contributed by atoms with Crippen LogP contribution in [0.1, 0.15) is 57.6 Å². The van der Waals surface area contributed by atoms with Gasteiger partial charge in [-0.25, -0.2) is 0 Å². The molecule has 7 heteroatoms. The van der Waals surface area contributed by atoms with Crippen LogP contribution >= 0.6 is 11.6 Å². The van der Waals surface area contributed by atoms with Crippen LogP contribution in [-0.2, 0) is 15.0 Å². The van der Waals surface area contributed by atoms with Crippen LogP contribution < -0.4 is 14.8 Å². The highest BCUT2D eigenvalue weighted by atomic mass is 35.5. The summed E-state index contributed by atoms with van der Waals surface area (Å²) in [4.78, 5) is 26.9. The molecule has 0 atom stereocenters. The van der Waals surface area contributed by atoms with E-state index in [2.05, 4.69) is 10.2 Å². The lowest BCUT2D eigenvalue weighted by Crippen LogP contribution is -2.47. The Hall–Kier alpha value is -2.57. The molecule has 2 heterocycles. The molecule has 1 N–H and O–H groups in total. The van der Waals surface area contributed by atoms with Gasteiger partial charge < -0.3 is 14.8 Å². The highest BCUT2D eigenvalue weighted by Crippen LogP contribution is 2.45. The van der Waals surface area contributed by atoms with Crippen molar-refractivity contribution in [2.24, 2.45) is 0 Å². The number of nitrogens with one attached hydrogen (secondary N) is 1. The van der Waals surface area contributed by atoms with Crippen molar-refractivity contribution in [2.75, 3.05) is 31.6 Å². The van der Waals surface area contributed by atoms with E-state index in [1.165, 1.54) is 0 Å². The number of aryl methyl sites for hydroxylation is 1. The molecule has 0 saturated carbocycles. The molecule has 4 rings (SSSR count). The Bertz CT molecular complexity index is 1020. The lowest BCUT2D eigenvalue weighted by Gasteiger charge is -2.38. The van der Waals surface area contributed by atoms with Gasteiger partial charge in [0.15, 0.2) is 0 Å². The second-order valence-electron chi connectivity index (χ2n) is 8.57. The Labute approximate surface area is 207 Å². The molecule has 34 heavy (non-hydrogen) atoms. The summed E-state index contributed by atoms with van der Waals surface area (Å²) >= 11 is 6.20. The molecule has 1 amide bonds. The van der Waals surface area contributed by atoms with Gasteiger partial charge in [-0.15, -0.1) is 0 Å². The normalized spacial score (nSPS) is 16.3. The Morgan fingerprint density at radius 2 is 1.88 bits per heavy atom. The van der Waals surface area contributed by atoms with Crippen LogP contribution in [-0.4, -0.2) is 43.0 Å². The first-order valence-electron chi connectivity index (χ1n) is 12.2. The van der Waals surface area contributed by atoms with Crippen molar-refractivity contribution in [1.82, 2.24) is 4.90 Å². The predicted octanol–water partition coefficient (Wildman–Crippen LogP) is 5.74. The predicted molar refractivity (Wildman–Crippen MR) is 136 cm³/mol. The van der Waals surface area contributed by atoms with Crippen molar-refractivity contribution in [1.29, 1.82) is 0 Å². The van der Waals surface area contributed by atoms with Gasteiger partial charge in [0.1, 0.15) is 18.1 Å². The lowest BCUT2D eigenvalue weighted by atomic mass is 9.73. The average Bonchev–Trinajstić information content (AvgIpc) is 3.09. The summed E-state index contributed by atoms with van der Waals surface area (Å²) in [5, 5.41) is 3.68. The first-order chi connectivity index (χ1) is 16.4. The van der Waals surface area contributed by atoms with Crippen LogP contribution in [0.5, 0.6) is 11.5 Å². The highest BCUT2D eigenvalue weighted by Gasteiger charge is 2.48. The number of nitrogens with zero attached hydrogens (tertiary/aromatic N) is 1. The number of ether oxygens (including phenoxy) is 2. The van der Waals surface area contributed by atoms with Crippen molar-refractivity contribution in [3.05, 3.63) is 52.5 Å². The number of fused-ring (bicyclic) bond motifs is 2. The largest absolute Gasteiger partial charge is 0.492 e. The molecule has 2 aromatic carbocycles. The van der Waals surface area contributed by atoms with E-state index in [0.717, 1.165) is 55.7 Å². The molecule has 1 spiro atoms. The number of rotatable bonds is 7. The molecule has 184 valence electrons. The number of likely N-dealkylation sites (tertiary alicyclic amines) is 1. The molecule has 6 nitrogen and oxygen atoms in total. The van der Waals surface area contributed by atoms with E-state index in [9.17, 15) is 9.59 Å². The maximum Gasteiger partial charge on any atom is 0.311 e. The van der Waals surface area contributed by atoms with Gasteiger partial charge in [-0.2, -0.15) is 0 Å². The molecule has 0 unspecified atom stereocenters. The standard InChI is InChI=1S/C25H29ClN2O4.C2H6/c1-3-4-23(29)32-22-16-19(7-5-17(22)2)31-14-13-28-11-9-25(10-12-28)20-15-18(26)6-8-21(20)27-24(25)30;1-2/h5-8,15-16H,3-4,9-14H2,1-2H3,(H,27,30);1-2H3. The van der Waals surface area contributed by atoms with E-state index < -0.39 is 5.41 Å². The van der Waals surface area contributed by atoms with Crippen LogP contribution in [0.2, 0.25) is 5.02 Å². The fraction of sp³-hybridized carbons (Fsp3) is 0.481. The van der Waals surface area contributed by atoms with Gasteiger partial charge in [0, 0.05) is 29.7 Å². The number of hydrogen-bond donors (Lipinski definition) is 1. The van der Waals surface area contributed by atoms with Crippen molar-refractivity contribution < 1.29 is 19.1 Å². The summed E-state index contributed by atoms with van der Waals surface area (Å²) < 4.78 is 11.4. The van der Waals surface area contributed by atoms with Gasteiger partial charge in [-0.1, -0.05) is 38.4 Å². The molecule has 2 aromatic rings. The minimum absolute atomic E-state index is 0.0791. The van der Waals surface area contributed by atoms with Crippen LogP contribution in [0, 0.1) is 6.92 Å². The molecule has 1 saturated heterocycles. The highest BCUT2D eigenvalue weighted by molar-refractivity contribution is 6.31. The number of anilines is 1. The molecule has 0 aromatic heterocycles. The number of hydrogen-bond acceptors (Lipinski definition) is 5. The summed E-state index contributed by atoms with van der Waals surface area (Å²) in [6.07, 6.45) is 2.67. The van der Waals surface area contributed by atoms with E-state index >= 15 is 0 Å². The molecule has 0 bridgehead atoms. The topological polar surface area (TPSA) is 67.9 Å². The van der Waals surface area contributed by atoms with Crippen LogP contribution in [0.3, 0.4) is 0 Å². The quantitative estimate of drug-likeness (QED) is 0.399. The van der Waals surface area contributed by atoms with Crippen molar-refractivity contribution in [3.63, 3.8) is 0 Å². The number of esters is 1. The Morgan fingerprint density at radius 3 is 2.59 bits per heavy atom. The van der Waals surface area contributed by atoms with Gasteiger partial charge in [-0.05, 0) is 74.7 Å². The van der Waals surface area contributed by atoms with Crippen LogP contribution in [0.4, 0.5) is 5.69 Å². The lowest BCUT2D eigenvalue weighted by molar-refractivity contribution is -0.134. The fourth-order valence-electron chi connectivity index (χ4n) is 4.49. The third kappa shape index (κ3) is 5.73. The monoisotopic (exact) mass is 486 g/mol. The zero-order valence-corrected chi connectivity index (χ0v) is 21.3. The minimum atomic E-state index is -0.480. The minimum Gasteiger partial charge on any atom is -0.492 e. The maximum atomic E-state index is 12.8. The summed E-state index contributed by atoms with van der Waals surface area (Å²) in [6, 6.07) is 11.2. The summed E-state index contributed by atoms with van der Waals surface area (Å²) in [5.41, 5.74) is 2.33. The second kappa shape index (κ2) is 11.7. The fourth-order valence-corrected chi connectivity index (χ4v) is 4.66. The zero-order valence-electron chi connectivity index (χ0n) is 20.6. The smallest absolute Gasteiger partial charge is 0.311 e. The summed E-state index contributed by atoms with van der Waals surface area (Å²) in [7, 11) is 0. The average molecular weight is 487 g/mol. The molecule has 2 aliphatic rings. The van der Waals surface area contributed by atoms with Crippen LogP contribution in [0.15, 0.2) is 36.4 Å². The van der Waals surface area contributed by atoms with E-state index in [0.29, 0.717) is 29.5 Å². The van der Waals surface area contributed by atoms with E-state index in [4.69, 9.17) is 21.1 Å². The number of halogens is 1. The third-order valence-electron chi connectivity index (χ3n) is 6.40. The van der Waals surface area contributed by atoms with Gasteiger partial charge >= 0.3 is 5.97 Å². The van der Waals surface area contributed by atoms with E-state index in [1.54, 1.807) is 6.07 Å². The van der Waals surface area contributed by atoms with Gasteiger partial charge in [0.2, 0.25) is 5.91 Å². The SMILES string of the molecule is CC.CCCC(=O)Oc1cc(OCCN2CCC3(CC2)C(=O)Nc2ccc(Cl)cc23)ccc1C. The Balaban J connectivity index is 0.00000158. The Morgan fingerprint density at radius 1 is 1.15 bits per heavy atom. The number of piperidine rings is 1. The third-order valence-corrected chi connectivity index (χ3v) is 6.64. The van der Waals surface area contributed by atoms with E-state index in [1.807, 2.05) is 58.0 Å². The van der Waals surface area contributed by atoms with Crippen molar-refractivity contribution in [2.45, 2.75) is 58.8 Å². The molecule has 0 aliphatic carbocycles. The Kier molecular flexibility index (Phi) is 8.97. The number of carbonyl (C=O) groups is 2. The van der Waals surface area contributed by atoms with Gasteiger partial charge in [-0.3, -0.25) is 14.5 Å². The summed E-state index contributed by atoms with van der Waals surface area (Å²) in [6.45, 7) is 10.8. The van der Waals surface area contributed by atoms with E-state index in [-0.39, 0.29) is 11.9 Å². The second-order valence-corrected chi connectivity index (χ2v) is 9.00. The molecule has 1 fully saturated rings. The van der Waals surface area contributed by atoms with Crippen molar-refractivity contribution >= 4 is 29.2 Å².